The van der Waals surface area contributed by atoms with Crippen molar-refractivity contribution in [3.8, 4) is 0 Å². The molecule has 0 spiro atoms. The van der Waals surface area contributed by atoms with Crippen molar-refractivity contribution in [2.45, 2.75) is 51.8 Å². The quantitative estimate of drug-likeness (QED) is 0.701. The predicted octanol–water partition coefficient (Wildman–Crippen LogP) is 5.45. The Hall–Kier alpha value is -0.710. The molecule has 2 nitrogen and oxygen atoms in total. The molecule has 2 rings (SSSR count). The van der Waals surface area contributed by atoms with Crippen LogP contribution < -0.4 is 5.32 Å². The minimum absolute atomic E-state index is 0.595. The molecule has 0 aromatic carbocycles. The molecule has 1 unspecified atom stereocenters. The zero-order chi connectivity index (χ0) is 16.6. The van der Waals surface area contributed by atoms with Gasteiger partial charge in [0.05, 0.1) is 0 Å². The van der Waals surface area contributed by atoms with E-state index in [4.69, 9.17) is 0 Å². The van der Waals surface area contributed by atoms with E-state index in [1.54, 1.807) is 11.3 Å². The number of hydrogen-bond acceptors (Lipinski definition) is 3. The average molecular weight is 341 g/mol. The Balaban J connectivity index is 0.000000522. The van der Waals surface area contributed by atoms with Crippen molar-refractivity contribution in [1.29, 1.82) is 0 Å². The summed E-state index contributed by atoms with van der Waals surface area (Å²) in [7, 11) is 0. The zero-order valence-electron chi connectivity index (χ0n) is 14.6. The summed E-state index contributed by atoms with van der Waals surface area (Å²) in [5.74, 6) is 0. The molecule has 0 aliphatic carbocycles. The van der Waals surface area contributed by atoms with Gasteiger partial charge in [0.1, 0.15) is 0 Å². The molecule has 2 N–H and O–H groups in total. The van der Waals surface area contributed by atoms with Gasteiger partial charge in [-0.05, 0) is 48.5 Å². The van der Waals surface area contributed by atoms with E-state index in [0.717, 1.165) is 18.2 Å². The van der Waals surface area contributed by atoms with Gasteiger partial charge in [0.25, 0.3) is 0 Å². The first-order valence-corrected chi connectivity index (χ1v) is 10.3. The highest BCUT2D eigenvalue weighted by Gasteiger charge is 2.08. The Morgan fingerprint density at radius 1 is 1.18 bits per heavy atom. The number of thioether (sulfide) groups is 1. The van der Waals surface area contributed by atoms with Gasteiger partial charge in [0.2, 0.25) is 0 Å². The van der Waals surface area contributed by atoms with Gasteiger partial charge < -0.3 is 10.3 Å². The number of aromatic nitrogens is 1. The van der Waals surface area contributed by atoms with E-state index in [0.29, 0.717) is 6.04 Å². The number of aromatic amines is 1. The highest BCUT2D eigenvalue weighted by molar-refractivity contribution is 7.99. The summed E-state index contributed by atoms with van der Waals surface area (Å²) in [6, 6.07) is 8.87. The van der Waals surface area contributed by atoms with E-state index >= 15 is 0 Å². The van der Waals surface area contributed by atoms with Crippen molar-refractivity contribution < 1.29 is 0 Å². The van der Waals surface area contributed by atoms with Gasteiger partial charge in [-0.15, -0.1) is 0 Å². The molecule has 126 valence electrons. The fourth-order valence-electron chi connectivity index (χ4n) is 1.80. The molecular formula is C18H32N2S2. The SMILES string of the molecule is CC.CSC(CCNC(C)C)Cc1ccc[nH]1.c1ccsc1. The molecule has 2 heterocycles. The normalized spacial score (nSPS) is 11.2. The molecule has 2 aromatic heterocycles. The molecule has 0 amide bonds. The lowest BCUT2D eigenvalue weighted by Gasteiger charge is -2.15. The van der Waals surface area contributed by atoms with Crippen LogP contribution in [0.2, 0.25) is 0 Å². The second-order valence-corrected chi connectivity index (χ2v) is 6.90. The van der Waals surface area contributed by atoms with E-state index < -0.39 is 0 Å². The van der Waals surface area contributed by atoms with Crippen LogP contribution in [0.25, 0.3) is 0 Å². The molecule has 2 aromatic rings. The number of H-pyrrole nitrogens is 1. The first-order valence-electron chi connectivity index (χ1n) is 8.08. The molecule has 0 fully saturated rings. The van der Waals surface area contributed by atoms with Gasteiger partial charge in [0.15, 0.2) is 0 Å². The maximum atomic E-state index is 3.47. The number of thiophene rings is 1. The minimum Gasteiger partial charge on any atom is -0.365 e. The van der Waals surface area contributed by atoms with E-state index in [1.807, 2.05) is 54.7 Å². The van der Waals surface area contributed by atoms with Crippen LogP contribution in [0.1, 0.15) is 39.8 Å². The molecule has 0 bridgehead atoms. The monoisotopic (exact) mass is 340 g/mol. The largest absolute Gasteiger partial charge is 0.365 e. The fourth-order valence-corrected chi connectivity index (χ4v) is 2.96. The van der Waals surface area contributed by atoms with Crippen molar-refractivity contribution in [1.82, 2.24) is 10.3 Å². The van der Waals surface area contributed by atoms with Crippen molar-refractivity contribution in [2.75, 3.05) is 12.8 Å². The predicted molar refractivity (Wildman–Crippen MR) is 105 cm³/mol. The lowest BCUT2D eigenvalue weighted by Crippen LogP contribution is -2.26. The third-order valence-electron chi connectivity index (χ3n) is 2.89. The molecule has 22 heavy (non-hydrogen) atoms. The summed E-state index contributed by atoms with van der Waals surface area (Å²) in [6.07, 6.45) is 6.58. The molecule has 0 radical (unpaired) electrons. The Bertz CT molecular complexity index is 379. The van der Waals surface area contributed by atoms with Gasteiger partial charge in [-0.2, -0.15) is 23.1 Å². The lowest BCUT2D eigenvalue weighted by molar-refractivity contribution is 0.561. The summed E-state index contributed by atoms with van der Waals surface area (Å²) in [6.45, 7) is 9.50. The zero-order valence-corrected chi connectivity index (χ0v) is 16.3. The standard InChI is InChI=1S/C12H22N2S.C4H4S.C2H6/c1-10(2)13-8-6-12(15-3)9-11-5-4-7-14-11;1-2-4-5-3-1;1-2/h4-5,7,10,12-14H,6,8-9H2,1-3H3;1-4H;1-2H3. The maximum absolute atomic E-state index is 3.47. The number of nitrogens with one attached hydrogen (secondary N) is 2. The fraction of sp³-hybridized carbons (Fsp3) is 0.556. The van der Waals surface area contributed by atoms with Gasteiger partial charge in [-0.3, -0.25) is 0 Å². The first kappa shape index (κ1) is 21.3. The van der Waals surface area contributed by atoms with Crippen LogP contribution >= 0.6 is 23.1 Å². The van der Waals surface area contributed by atoms with Crippen molar-refractivity contribution >= 4 is 23.1 Å². The van der Waals surface area contributed by atoms with Crippen LogP contribution in [0.5, 0.6) is 0 Å². The highest BCUT2D eigenvalue weighted by Crippen LogP contribution is 2.15. The molecule has 1 atom stereocenters. The topological polar surface area (TPSA) is 27.8 Å². The van der Waals surface area contributed by atoms with Crippen LogP contribution in [0.3, 0.4) is 0 Å². The Labute approximate surface area is 145 Å². The van der Waals surface area contributed by atoms with E-state index in [9.17, 15) is 0 Å². The van der Waals surface area contributed by atoms with Gasteiger partial charge >= 0.3 is 0 Å². The highest BCUT2D eigenvalue weighted by atomic mass is 32.2. The van der Waals surface area contributed by atoms with E-state index in [2.05, 4.69) is 42.5 Å². The summed E-state index contributed by atoms with van der Waals surface area (Å²) < 4.78 is 0. The third-order valence-corrected chi connectivity index (χ3v) is 4.59. The molecular weight excluding hydrogens is 308 g/mol. The van der Waals surface area contributed by atoms with Crippen LogP contribution in [0, 0.1) is 0 Å². The number of hydrogen-bond donors (Lipinski definition) is 2. The Morgan fingerprint density at radius 2 is 1.86 bits per heavy atom. The molecule has 0 saturated carbocycles. The molecule has 0 aliphatic rings. The van der Waals surface area contributed by atoms with Crippen LogP contribution in [-0.2, 0) is 6.42 Å². The summed E-state index contributed by atoms with van der Waals surface area (Å²) in [5.41, 5.74) is 1.35. The van der Waals surface area contributed by atoms with Gasteiger partial charge in [-0.25, -0.2) is 0 Å². The van der Waals surface area contributed by atoms with Crippen molar-refractivity contribution in [3.63, 3.8) is 0 Å². The second-order valence-electron chi connectivity index (χ2n) is 4.95. The summed E-state index contributed by atoms with van der Waals surface area (Å²) in [4.78, 5) is 3.27. The third kappa shape index (κ3) is 11.9. The molecule has 0 aliphatic heterocycles. The summed E-state index contributed by atoms with van der Waals surface area (Å²) >= 11 is 3.67. The Morgan fingerprint density at radius 3 is 2.27 bits per heavy atom. The van der Waals surface area contributed by atoms with Crippen LogP contribution in [0.15, 0.2) is 41.2 Å². The second kappa shape index (κ2) is 15.2. The van der Waals surface area contributed by atoms with Gasteiger partial charge in [-0.1, -0.05) is 39.8 Å². The Kier molecular flexibility index (Phi) is 14.7. The maximum Gasteiger partial charge on any atom is 0.0158 e. The number of rotatable bonds is 7. The summed E-state index contributed by atoms with van der Waals surface area (Å²) in [5, 5.41) is 8.27. The van der Waals surface area contributed by atoms with Crippen LogP contribution in [-0.4, -0.2) is 29.1 Å². The van der Waals surface area contributed by atoms with Crippen LogP contribution in [0.4, 0.5) is 0 Å². The van der Waals surface area contributed by atoms with Gasteiger partial charge in [0, 0.05) is 23.2 Å². The van der Waals surface area contributed by atoms with E-state index in [-0.39, 0.29) is 0 Å². The van der Waals surface area contributed by atoms with Crippen molar-refractivity contribution in [3.05, 3.63) is 46.9 Å². The van der Waals surface area contributed by atoms with E-state index in [1.165, 1.54) is 12.1 Å². The molecule has 0 saturated heterocycles. The van der Waals surface area contributed by atoms with Crippen molar-refractivity contribution in [2.24, 2.45) is 0 Å². The first-order chi connectivity index (χ1) is 10.7. The smallest absolute Gasteiger partial charge is 0.0158 e. The molecule has 4 heteroatoms. The lowest BCUT2D eigenvalue weighted by atomic mass is 10.2. The average Bonchev–Trinajstić information content (AvgIpc) is 3.24. The minimum atomic E-state index is 0.595.